The normalized spacial score (nSPS) is 26.5. The Labute approximate surface area is 110 Å². The Kier molecular flexibility index (Phi) is 3.57. The zero-order valence-electron chi connectivity index (χ0n) is 10.6. The third-order valence-corrected chi connectivity index (χ3v) is 3.81. The number of hydrogen-bond acceptors (Lipinski definition) is 3. The molecule has 1 heterocycles. The van der Waals surface area contributed by atoms with Crippen LogP contribution in [0.5, 0.6) is 0 Å². The molecule has 1 saturated heterocycles. The Hall–Kier alpha value is -1.51. The molecule has 0 spiro atoms. The second kappa shape index (κ2) is 4.87. The summed E-state index contributed by atoms with van der Waals surface area (Å²) >= 11 is 0. The Morgan fingerprint density at radius 3 is 2.47 bits per heavy atom. The maximum absolute atomic E-state index is 13.3. The minimum absolute atomic E-state index is 0.0502. The highest BCUT2D eigenvalue weighted by atomic mass is 19.1. The molecule has 2 rings (SSSR count). The molecular weight excluding hydrogens is 252 g/mol. The number of nitrogens with zero attached hydrogens (tertiary/aromatic N) is 1. The molecule has 5 heteroatoms. The van der Waals surface area contributed by atoms with Crippen LogP contribution in [0.3, 0.4) is 0 Å². The third-order valence-electron chi connectivity index (χ3n) is 3.81. The van der Waals surface area contributed by atoms with Crippen molar-refractivity contribution in [3.05, 3.63) is 35.4 Å². The highest BCUT2D eigenvalue weighted by Crippen LogP contribution is 2.45. The number of ether oxygens (including phenoxy) is 1. The number of hydrogen-bond donors (Lipinski definition) is 1. The summed E-state index contributed by atoms with van der Waals surface area (Å²) in [6.07, 6.45) is 1.05. The van der Waals surface area contributed by atoms with E-state index >= 15 is 0 Å². The van der Waals surface area contributed by atoms with Crippen molar-refractivity contribution in [2.75, 3.05) is 13.2 Å². The minimum Gasteiger partial charge on any atom is -0.384 e. The van der Waals surface area contributed by atoms with E-state index < -0.39 is 22.7 Å². The first-order valence-corrected chi connectivity index (χ1v) is 6.09. The van der Waals surface area contributed by atoms with E-state index in [0.717, 1.165) is 18.2 Å². The third kappa shape index (κ3) is 2.34. The van der Waals surface area contributed by atoms with Crippen LogP contribution < -0.4 is 0 Å². The van der Waals surface area contributed by atoms with Crippen molar-refractivity contribution in [3.8, 4) is 6.07 Å². The van der Waals surface area contributed by atoms with E-state index in [1.54, 1.807) is 0 Å². The largest absolute Gasteiger partial charge is 0.384 e. The first kappa shape index (κ1) is 13.9. The fraction of sp³-hybridized carbons (Fsp3) is 0.500. The van der Waals surface area contributed by atoms with Crippen molar-refractivity contribution in [1.29, 1.82) is 5.26 Å². The van der Waals surface area contributed by atoms with E-state index in [9.17, 15) is 19.1 Å². The number of nitriles is 1. The number of halogens is 2. The predicted octanol–water partition coefficient (Wildman–Crippen LogP) is 2.49. The molecule has 0 saturated carbocycles. The van der Waals surface area contributed by atoms with Gasteiger partial charge < -0.3 is 9.84 Å². The zero-order valence-corrected chi connectivity index (χ0v) is 10.6. The van der Waals surface area contributed by atoms with Gasteiger partial charge in [-0.05, 0) is 37.5 Å². The first-order chi connectivity index (χ1) is 8.91. The van der Waals surface area contributed by atoms with Gasteiger partial charge in [0.1, 0.15) is 22.7 Å². The molecule has 0 aliphatic carbocycles. The van der Waals surface area contributed by atoms with Crippen molar-refractivity contribution in [2.24, 2.45) is 5.41 Å². The molecule has 1 aliphatic rings. The summed E-state index contributed by atoms with van der Waals surface area (Å²) < 4.78 is 31.9. The molecule has 1 fully saturated rings. The number of rotatable bonds is 2. The first-order valence-electron chi connectivity index (χ1n) is 6.09. The molecule has 2 atom stereocenters. The molecule has 0 aromatic heterocycles. The number of benzene rings is 1. The van der Waals surface area contributed by atoms with Gasteiger partial charge in [-0.15, -0.1) is 0 Å². The lowest BCUT2D eigenvalue weighted by Gasteiger charge is -2.42. The molecule has 0 amide bonds. The molecule has 1 aliphatic heterocycles. The highest BCUT2D eigenvalue weighted by Gasteiger charge is 2.50. The molecule has 102 valence electrons. The molecule has 1 aromatic carbocycles. The van der Waals surface area contributed by atoms with Gasteiger partial charge in [-0.3, -0.25) is 0 Å². The molecule has 1 N–H and O–H groups in total. The van der Waals surface area contributed by atoms with Crippen LogP contribution in [-0.4, -0.2) is 18.3 Å². The van der Waals surface area contributed by atoms with Crippen LogP contribution in [0.25, 0.3) is 0 Å². The highest BCUT2D eigenvalue weighted by molar-refractivity contribution is 5.29. The fourth-order valence-electron chi connectivity index (χ4n) is 2.49. The van der Waals surface area contributed by atoms with Gasteiger partial charge in [0.2, 0.25) is 0 Å². The predicted molar refractivity (Wildman–Crippen MR) is 64.0 cm³/mol. The molecule has 0 bridgehead atoms. The standard InChI is InChI=1S/C14H15F2NO2/c1-13(18,10-5-11(15)7-12(16)6-10)14(8-17)3-2-4-19-9-14/h5-7,18H,2-4,9H2,1H3. The Bertz CT molecular complexity index is 496. The molecule has 0 radical (unpaired) electrons. The summed E-state index contributed by atoms with van der Waals surface area (Å²) in [4.78, 5) is 0. The summed E-state index contributed by atoms with van der Waals surface area (Å²) in [5, 5.41) is 20.1. The van der Waals surface area contributed by atoms with E-state index in [2.05, 4.69) is 6.07 Å². The van der Waals surface area contributed by atoms with Gasteiger partial charge in [0.25, 0.3) is 0 Å². The SMILES string of the molecule is CC(O)(c1cc(F)cc(F)c1)C1(C#N)CCCOC1. The van der Waals surface area contributed by atoms with E-state index in [0.29, 0.717) is 19.4 Å². The topological polar surface area (TPSA) is 53.2 Å². The number of aliphatic hydroxyl groups is 1. The van der Waals surface area contributed by atoms with Gasteiger partial charge in [0.05, 0.1) is 12.7 Å². The minimum atomic E-state index is -1.68. The van der Waals surface area contributed by atoms with Crippen molar-refractivity contribution in [3.63, 3.8) is 0 Å². The summed E-state index contributed by atoms with van der Waals surface area (Å²) in [7, 11) is 0. The lowest BCUT2D eigenvalue weighted by molar-refractivity contribution is -0.113. The monoisotopic (exact) mass is 267 g/mol. The van der Waals surface area contributed by atoms with E-state index in [4.69, 9.17) is 4.74 Å². The van der Waals surface area contributed by atoms with Crippen LogP contribution in [-0.2, 0) is 10.3 Å². The Balaban J connectivity index is 2.47. The molecule has 2 unspecified atom stereocenters. The summed E-state index contributed by atoms with van der Waals surface area (Å²) in [6, 6.07) is 4.91. The summed E-state index contributed by atoms with van der Waals surface area (Å²) in [6.45, 7) is 1.98. The smallest absolute Gasteiger partial charge is 0.126 e. The fourth-order valence-corrected chi connectivity index (χ4v) is 2.49. The quantitative estimate of drug-likeness (QED) is 0.895. The molecule has 19 heavy (non-hydrogen) atoms. The summed E-state index contributed by atoms with van der Waals surface area (Å²) in [5.74, 6) is -1.56. The van der Waals surface area contributed by atoms with Gasteiger partial charge in [0.15, 0.2) is 0 Å². The van der Waals surface area contributed by atoms with Crippen molar-refractivity contribution in [2.45, 2.75) is 25.4 Å². The van der Waals surface area contributed by atoms with Gasteiger partial charge in [-0.1, -0.05) is 0 Å². The average molecular weight is 267 g/mol. The maximum Gasteiger partial charge on any atom is 0.126 e. The van der Waals surface area contributed by atoms with Crippen LogP contribution in [0, 0.1) is 28.4 Å². The van der Waals surface area contributed by atoms with E-state index in [-0.39, 0.29) is 12.2 Å². The average Bonchev–Trinajstić information content (AvgIpc) is 2.38. The second-order valence-electron chi connectivity index (χ2n) is 5.08. The van der Waals surface area contributed by atoms with E-state index in [1.165, 1.54) is 6.92 Å². The van der Waals surface area contributed by atoms with Gasteiger partial charge >= 0.3 is 0 Å². The lowest BCUT2D eigenvalue weighted by Crippen LogP contribution is -2.48. The van der Waals surface area contributed by atoms with E-state index in [1.807, 2.05) is 0 Å². The molecule has 1 aromatic rings. The van der Waals surface area contributed by atoms with Crippen molar-refractivity contribution < 1.29 is 18.6 Å². The Morgan fingerprint density at radius 1 is 1.37 bits per heavy atom. The second-order valence-corrected chi connectivity index (χ2v) is 5.08. The van der Waals surface area contributed by atoms with Crippen LogP contribution in [0.2, 0.25) is 0 Å². The van der Waals surface area contributed by atoms with Gasteiger partial charge in [-0.2, -0.15) is 5.26 Å². The van der Waals surface area contributed by atoms with Crippen LogP contribution in [0.4, 0.5) is 8.78 Å². The Morgan fingerprint density at radius 2 is 2.00 bits per heavy atom. The van der Waals surface area contributed by atoms with Crippen molar-refractivity contribution >= 4 is 0 Å². The van der Waals surface area contributed by atoms with Crippen LogP contribution >= 0.6 is 0 Å². The maximum atomic E-state index is 13.3. The van der Waals surface area contributed by atoms with Crippen LogP contribution in [0.1, 0.15) is 25.3 Å². The lowest BCUT2D eigenvalue weighted by atomic mass is 9.67. The zero-order chi connectivity index (χ0) is 14.1. The summed E-state index contributed by atoms with van der Waals surface area (Å²) in [5.41, 5.74) is -2.81. The molecule has 3 nitrogen and oxygen atoms in total. The van der Waals surface area contributed by atoms with Crippen molar-refractivity contribution in [1.82, 2.24) is 0 Å². The van der Waals surface area contributed by atoms with Crippen LogP contribution in [0.15, 0.2) is 18.2 Å². The molecular formula is C14H15F2NO2. The van der Waals surface area contributed by atoms with Gasteiger partial charge in [0, 0.05) is 12.7 Å². The van der Waals surface area contributed by atoms with Gasteiger partial charge in [-0.25, -0.2) is 8.78 Å².